The number of amides is 1. The summed E-state index contributed by atoms with van der Waals surface area (Å²) in [4.78, 5) is 19.3. The number of benzene rings is 1. The second-order valence-electron chi connectivity index (χ2n) is 7.12. The number of halogens is 3. The Morgan fingerprint density at radius 3 is 2.61 bits per heavy atom. The number of morpholine rings is 1. The molecule has 152 valence electrons. The molecular formula is C19H23F3N3O2S+. The van der Waals surface area contributed by atoms with Crippen LogP contribution in [0.5, 0.6) is 0 Å². The van der Waals surface area contributed by atoms with Gasteiger partial charge in [-0.25, -0.2) is 4.98 Å². The van der Waals surface area contributed by atoms with Crippen LogP contribution in [0.4, 0.5) is 24.0 Å². The van der Waals surface area contributed by atoms with Crippen LogP contribution >= 0.6 is 11.3 Å². The molecule has 0 spiro atoms. The molecule has 0 saturated carbocycles. The Morgan fingerprint density at radius 1 is 1.32 bits per heavy atom. The SMILES string of the molecule is CC(=O)N(c1cccc(C(F)(F)F)c1)c1nc(C[NH+]2C[C@@H](C)O[C@H](C)C2)cs1. The number of nitrogens with zero attached hydrogens (tertiary/aromatic N) is 2. The smallest absolute Gasteiger partial charge is 0.364 e. The molecule has 1 amide bonds. The summed E-state index contributed by atoms with van der Waals surface area (Å²) >= 11 is 1.25. The Bertz CT molecular complexity index is 830. The van der Waals surface area contributed by atoms with E-state index in [1.165, 1.54) is 40.2 Å². The molecule has 1 aromatic heterocycles. The highest BCUT2D eigenvalue weighted by Gasteiger charge is 2.32. The molecule has 1 saturated heterocycles. The monoisotopic (exact) mass is 414 g/mol. The average molecular weight is 414 g/mol. The third kappa shape index (κ3) is 4.89. The van der Waals surface area contributed by atoms with Crippen LogP contribution < -0.4 is 9.80 Å². The summed E-state index contributed by atoms with van der Waals surface area (Å²) in [7, 11) is 0. The Kier molecular flexibility index (Phi) is 6.07. The molecule has 28 heavy (non-hydrogen) atoms. The number of carbonyl (C=O) groups is 1. The molecule has 1 fully saturated rings. The van der Waals surface area contributed by atoms with Gasteiger partial charge in [-0.15, -0.1) is 11.3 Å². The molecule has 9 heteroatoms. The normalized spacial score (nSPS) is 22.9. The van der Waals surface area contributed by atoms with Gasteiger partial charge in [0.15, 0.2) is 5.13 Å². The molecule has 2 atom stereocenters. The summed E-state index contributed by atoms with van der Waals surface area (Å²) in [5, 5.41) is 2.23. The zero-order chi connectivity index (χ0) is 20.5. The maximum Gasteiger partial charge on any atom is 0.416 e. The van der Waals surface area contributed by atoms with E-state index in [2.05, 4.69) is 4.98 Å². The van der Waals surface area contributed by atoms with Gasteiger partial charge in [0, 0.05) is 12.3 Å². The molecule has 0 aliphatic carbocycles. The van der Waals surface area contributed by atoms with E-state index in [0.29, 0.717) is 11.7 Å². The lowest BCUT2D eigenvalue weighted by Crippen LogP contribution is -3.14. The highest BCUT2D eigenvalue weighted by molar-refractivity contribution is 7.14. The largest absolute Gasteiger partial charge is 0.416 e. The second-order valence-corrected chi connectivity index (χ2v) is 7.95. The molecular weight excluding hydrogens is 391 g/mol. The lowest BCUT2D eigenvalue weighted by molar-refractivity contribution is -0.928. The number of hydrogen-bond donors (Lipinski definition) is 1. The minimum absolute atomic E-state index is 0.157. The van der Waals surface area contributed by atoms with Crippen molar-refractivity contribution in [2.45, 2.75) is 45.7 Å². The molecule has 1 N–H and O–H groups in total. The van der Waals surface area contributed by atoms with Gasteiger partial charge in [-0.05, 0) is 32.0 Å². The molecule has 1 aliphatic heterocycles. The first kappa shape index (κ1) is 20.8. The molecule has 1 aromatic carbocycles. The van der Waals surface area contributed by atoms with E-state index in [1.807, 2.05) is 19.2 Å². The lowest BCUT2D eigenvalue weighted by Gasteiger charge is -2.31. The first-order chi connectivity index (χ1) is 13.1. The van der Waals surface area contributed by atoms with Crippen molar-refractivity contribution in [2.75, 3.05) is 18.0 Å². The van der Waals surface area contributed by atoms with E-state index in [9.17, 15) is 18.0 Å². The van der Waals surface area contributed by atoms with Crippen LogP contribution in [0.2, 0.25) is 0 Å². The van der Waals surface area contributed by atoms with Crippen LogP contribution in [0.15, 0.2) is 29.6 Å². The highest BCUT2D eigenvalue weighted by atomic mass is 32.1. The fourth-order valence-electron chi connectivity index (χ4n) is 3.52. The molecule has 2 aromatic rings. The quantitative estimate of drug-likeness (QED) is 0.837. The zero-order valence-corrected chi connectivity index (χ0v) is 16.7. The van der Waals surface area contributed by atoms with E-state index in [4.69, 9.17) is 4.74 Å². The minimum atomic E-state index is -4.47. The van der Waals surface area contributed by atoms with Crippen LogP contribution in [-0.4, -0.2) is 36.2 Å². The van der Waals surface area contributed by atoms with Crippen molar-refractivity contribution in [1.82, 2.24) is 4.98 Å². The Balaban J connectivity index is 1.82. The molecule has 3 rings (SSSR count). The number of carbonyl (C=O) groups excluding carboxylic acids is 1. The third-order valence-corrected chi connectivity index (χ3v) is 5.40. The third-order valence-electron chi connectivity index (χ3n) is 4.53. The van der Waals surface area contributed by atoms with Crippen molar-refractivity contribution >= 4 is 28.1 Å². The van der Waals surface area contributed by atoms with Gasteiger partial charge in [0.25, 0.3) is 0 Å². The number of quaternary nitrogens is 1. The van der Waals surface area contributed by atoms with Gasteiger partial charge in [-0.1, -0.05) is 6.07 Å². The summed E-state index contributed by atoms with van der Waals surface area (Å²) in [5.74, 6) is -0.388. The topological polar surface area (TPSA) is 46.9 Å². The summed E-state index contributed by atoms with van der Waals surface area (Å²) in [6.45, 7) is 7.80. The first-order valence-electron chi connectivity index (χ1n) is 9.05. The minimum Gasteiger partial charge on any atom is -0.364 e. The molecule has 0 bridgehead atoms. The van der Waals surface area contributed by atoms with Gasteiger partial charge in [-0.3, -0.25) is 9.69 Å². The number of rotatable bonds is 4. The average Bonchev–Trinajstić information content (AvgIpc) is 3.01. The second kappa shape index (κ2) is 8.18. The number of nitrogens with one attached hydrogen (secondary N) is 1. The zero-order valence-electron chi connectivity index (χ0n) is 15.9. The van der Waals surface area contributed by atoms with Gasteiger partial charge in [0.05, 0.1) is 11.3 Å². The standard InChI is InChI=1S/C19H22F3N3O2S/c1-12-8-24(9-13(2)27-12)10-16-11-28-18(23-16)25(14(3)26)17-6-4-5-15(7-17)19(20,21)22/h4-7,11-13H,8-10H2,1-3H3/p+1/t12-,13-/m1/s1. The maximum atomic E-state index is 13.0. The van der Waals surface area contributed by atoms with Crippen LogP contribution in [0.3, 0.4) is 0 Å². The molecule has 0 radical (unpaired) electrons. The molecule has 1 aliphatic rings. The Morgan fingerprint density at radius 2 is 2.00 bits per heavy atom. The van der Waals surface area contributed by atoms with E-state index < -0.39 is 11.7 Å². The van der Waals surface area contributed by atoms with Crippen molar-refractivity contribution < 1.29 is 27.6 Å². The van der Waals surface area contributed by atoms with E-state index in [-0.39, 0.29) is 23.8 Å². The van der Waals surface area contributed by atoms with Gasteiger partial charge in [0.2, 0.25) is 5.91 Å². The van der Waals surface area contributed by atoms with Gasteiger partial charge in [-0.2, -0.15) is 13.2 Å². The van der Waals surface area contributed by atoms with E-state index in [1.54, 1.807) is 0 Å². The Hall–Kier alpha value is -1.97. The highest BCUT2D eigenvalue weighted by Crippen LogP contribution is 2.34. The fraction of sp³-hybridized carbons (Fsp3) is 0.474. The molecule has 5 nitrogen and oxygen atoms in total. The first-order valence-corrected chi connectivity index (χ1v) is 9.93. The van der Waals surface area contributed by atoms with Gasteiger partial charge >= 0.3 is 6.18 Å². The number of aromatic nitrogens is 1. The van der Waals surface area contributed by atoms with Gasteiger partial charge < -0.3 is 9.64 Å². The van der Waals surface area contributed by atoms with Crippen molar-refractivity contribution in [3.8, 4) is 0 Å². The Labute approximate surface area is 165 Å². The summed E-state index contributed by atoms with van der Waals surface area (Å²) in [6, 6.07) is 4.73. The molecule has 2 heterocycles. The van der Waals surface area contributed by atoms with Gasteiger partial charge in [0.1, 0.15) is 37.5 Å². The number of alkyl halides is 3. The van der Waals surface area contributed by atoms with E-state index >= 15 is 0 Å². The summed E-state index contributed by atoms with van der Waals surface area (Å²) in [6.07, 6.45) is -4.15. The number of anilines is 2. The van der Waals surface area contributed by atoms with Crippen LogP contribution in [0, 0.1) is 0 Å². The number of hydrogen-bond acceptors (Lipinski definition) is 4. The van der Waals surface area contributed by atoms with Crippen LogP contribution in [-0.2, 0) is 22.3 Å². The van der Waals surface area contributed by atoms with Crippen molar-refractivity contribution in [2.24, 2.45) is 0 Å². The number of thiazole rings is 1. The summed E-state index contributed by atoms with van der Waals surface area (Å²) < 4.78 is 44.8. The molecule has 0 unspecified atom stereocenters. The summed E-state index contributed by atoms with van der Waals surface area (Å²) in [5.41, 5.74) is 0.174. The predicted molar refractivity (Wildman–Crippen MR) is 101 cm³/mol. The fourth-order valence-corrected chi connectivity index (χ4v) is 4.40. The van der Waals surface area contributed by atoms with Crippen molar-refractivity contribution in [1.29, 1.82) is 0 Å². The van der Waals surface area contributed by atoms with Crippen LogP contribution in [0.25, 0.3) is 0 Å². The lowest BCUT2D eigenvalue weighted by atomic mass is 10.2. The predicted octanol–water partition coefficient (Wildman–Crippen LogP) is 3.04. The number of ether oxygens (including phenoxy) is 1. The van der Waals surface area contributed by atoms with E-state index in [0.717, 1.165) is 30.9 Å². The van der Waals surface area contributed by atoms with Crippen LogP contribution in [0.1, 0.15) is 32.0 Å². The maximum absolute atomic E-state index is 13.0. The van der Waals surface area contributed by atoms with Crippen molar-refractivity contribution in [3.63, 3.8) is 0 Å². The van der Waals surface area contributed by atoms with Crippen molar-refractivity contribution in [3.05, 3.63) is 40.9 Å².